The average Bonchev–Trinajstić information content (AvgIpc) is 2.65. The van der Waals surface area contributed by atoms with Crippen molar-refractivity contribution >= 4 is 28.9 Å². The molecule has 0 spiro atoms. The van der Waals surface area contributed by atoms with Gasteiger partial charge < -0.3 is 15.1 Å². The Morgan fingerprint density at radius 2 is 2.00 bits per heavy atom. The molecule has 0 aromatic heterocycles. The summed E-state index contributed by atoms with van der Waals surface area (Å²) >= 11 is 5.98. The minimum absolute atomic E-state index is 0.0936. The van der Waals surface area contributed by atoms with Crippen molar-refractivity contribution in [2.24, 2.45) is 0 Å². The minimum atomic E-state index is -0.0936. The fourth-order valence-electron chi connectivity index (χ4n) is 3.46. The lowest BCUT2D eigenvalue weighted by molar-refractivity contribution is -0.892. The van der Waals surface area contributed by atoms with E-state index in [1.165, 1.54) is 21.7 Å². The Bertz CT molecular complexity index is 882. The normalized spacial score (nSPS) is 14.7. The first-order chi connectivity index (χ1) is 13.0. The summed E-state index contributed by atoms with van der Waals surface area (Å²) in [5, 5.41) is 12.5. The third kappa shape index (κ3) is 4.60. The van der Waals surface area contributed by atoms with E-state index in [4.69, 9.17) is 16.9 Å². The number of hydrogen-bond acceptors (Lipinski definition) is 3. The molecule has 5 nitrogen and oxygen atoms in total. The number of carbonyl (C=O) groups excluding carboxylic acids is 1. The molecule has 6 heteroatoms. The van der Waals surface area contributed by atoms with Gasteiger partial charge in [-0.05, 0) is 49.2 Å². The Kier molecular flexibility index (Phi) is 6.00. The zero-order valence-corrected chi connectivity index (χ0v) is 16.4. The summed E-state index contributed by atoms with van der Waals surface area (Å²) in [5.41, 5.74) is 4.81. The van der Waals surface area contributed by atoms with E-state index in [0.717, 1.165) is 26.2 Å². The number of aryl methyl sites for hydroxylation is 1. The first-order valence-electron chi connectivity index (χ1n) is 9.12. The Balaban J connectivity index is 1.56. The average molecular weight is 384 g/mol. The molecule has 0 aliphatic carbocycles. The molecule has 27 heavy (non-hydrogen) atoms. The molecule has 1 fully saturated rings. The van der Waals surface area contributed by atoms with Crippen molar-refractivity contribution in [3.05, 3.63) is 58.1 Å². The molecule has 3 rings (SSSR count). The molecule has 0 saturated carbocycles. The molecule has 0 atom stereocenters. The van der Waals surface area contributed by atoms with E-state index in [1.54, 1.807) is 18.2 Å². The fourth-order valence-corrected chi connectivity index (χ4v) is 3.63. The van der Waals surface area contributed by atoms with Gasteiger partial charge in [-0.15, -0.1) is 0 Å². The van der Waals surface area contributed by atoms with Crippen molar-refractivity contribution in [1.29, 1.82) is 5.26 Å². The second kappa shape index (κ2) is 8.43. The number of halogens is 1. The van der Waals surface area contributed by atoms with Gasteiger partial charge in [-0.3, -0.25) is 4.79 Å². The number of nitriles is 1. The van der Waals surface area contributed by atoms with E-state index in [9.17, 15) is 4.79 Å². The van der Waals surface area contributed by atoms with Crippen molar-refractivity contribution in [2.45, 2.75) is 13.8 Å². The Labute approximate surface area is 165 Å². The zero-order chi connectivity index (χ0) is 19.4. The largest absolute Gasteiger partial charge is 0.360 e. The summed E-state index contributed by atoms with van der Waals surface area (Å²) in [7, 11) is 0. The van der Waals surface area contributed by atoms with Crippen LogP contribution in [0.1, 0.15) is 16.7 Å². The van der Waals surface area contributed by atoms with Gasteiger partial charge in [-0.1, -0.05) is 23.7 Å². The van der Waals surface area contributed by atoms with Crippen LogP contribution in [0.5, 0.6) is 0 Å². The van der Waals surface area contributed by atoms with Crippen LogP contribution in [-0.4, -0.2) is 38.6 Å². The molecular formula is C21H24ClN4O+. The van der Waals surface area contributed by atoms with Gasteiger partial charge in [0.15, 0.2) is 6.54 Å². The van der Waals surface area contributed by atoms with Crippen LogP contribution in [0.15, 0.2) is 36.4 Å². The monoisotopic (exact) mass is 383 g/mol. The summed E-state index contributed by atoms with van der Waals surface area (Å²) in [4.78, 5) is 16.1. The Hall–Kier alpha value is -2.55. The van der Waals surface area contributed by atoms with E-state index in [0.29, 0.717) is 22.8 Å². The lowest BCUT2D eigenvalue weighted by Crippen LogP contribution is -3.15. The van der Waals surface area contributed by atoms with Gasteiger partial charge in [-0.25, -0.2) is 0 Å². The number of piperazine rings is 1. The van der Waals surface area contributed by atoms with Gasteiger partial charge in [0.2, 0.25) is 0 Å². The molecule has 1 heterocycles. The quantitative estimate of drug-likeness (QED) is 0.850. The number of benzene rings is 2. The predicted octanol–water partition coefficient (Wildman–Crippen LogP) is 2.17. The van der Waals surface area contributed by atoms with Crippen LogP contribution in [-0.2, 0) is 4.79 Å². The highest BCUT2D eigenvalue weighted by Crippen LogP contribution is 2.22. The molecular weight excluding hydrogens is 360 g/mol. The van der Waals surface area contributed by atoms with Crippen LogP contribution >= 0.6 is 11.6 Å². The SMILES string of the molecule is Cc1cccc(N2CC[NH+](CC(=O)Nc3cc(Cl)ccc3C#N)CC2)c1C. The van der Waals surface area contributed by atoms with Gasteiger partial charge in [0.05, 0.1) is 37.4 Å². The van der Waals surface area contributed by atoms with Crippen molar-refractivity contribution < 1.29 is 9.69 Å². The summed E-state index contributed by atoms with van der Waals surface area (Å²) in [5.74, 6) is -0.0936. The van der Waals surface area contributed by atoms with Gasteiger partial charge in [0, 0.05) is 10.7 Å². The molecule has 1 saturated heterocycles. The topological polar surface area (TPSA) is 60.6 Å². The molecule has 0 bridgehead atoms. The van der Waals surface area contributed by atoms with Gasteiger partial charge in [0.1, 0.15) is 6.07 Å². The number of nitrogens with zero attached hydrogens (tertiary/aromatic N) is 2. The highest BCUT2D eigenvalue weighted by molar-refractivity contribution is 6.31. The van der Waals surface area contributed by atoms with E-state index in [2.05, 4.69) is 48.3 Å². The van der Waals surface area contributed by atoms with Crippen LogP contribution in [0.2, 0.25) is 5.02 Å². The highest BCUT2D eigenvalue weighted by Gasteiger charge is 2.23. The molecule has 140 valence electrons. The van der Waals surface area contributed by atoms with Crippen molar-refractivity contribution in [2.75, 3.05) is 42.9 Å². The minimum Gasteiger partial charge on any atom is -0.360 e. The first-order valence-corrected chi connectivity index (χ1v) is 9.50. The fraction of sp³-hybridized carbons (Fsp3) is 0.333. The molecule has 0 radical (unpaired) electrons. The van der Waals surface area contributed by atoms with Gasteiger partial charge in [-0.2, -0.15) is 5.26 Å². The lowest BCUT2D eigenvalue weighted by atomic mass is 10.1. The molecule has 0 unspecified atom stereocenters. The molecule has 2 N–H and O–H groups in total. The standard InChI is InChI=1S/C21H23ClN4O/c1-15-4-3-5-20(16(15)2)26-10-8-25(9-11-26)14-21(27)24-19-12-18(22)7-6-17(19)13-23/h3-7,12H,8-11,14H2,1-2H3,(H,24,27)/p+1. The maximum absolute atomic E-state index is 12.4. The number of carbonyl (C=O) groups is 1. The van der Waals surface area contributed by atoms with Crippen LogP contribution < -0.4 is 15.1 Å². The van der Waals surface area contributed by atoms with E-state index >= 15 is 0 Å². The summed E-state index contributed by atoms with van der Waals surface area (Å²) in [6, 6.07) is 13.4. The lowest BCUT2D eigenvalue weighted by Gasteiger charge is -2.34. The van der Waals surface area contributed by atoms with Crippen molar-refractivity contribution in [3.63, 3.8) is 0 Å². The van der Waals surface area contributed by atoms with Crippen LogP contribution in [0.4, 0.5) is 11.4 Å². The van der Waals surface area contributed by atoms with Crippen LogP contribution in [0.25, 0.3) is 0 Å². The number of nitrogens with one attached hydrogen (secondary N) is 2. The summed E-state index contributed by atoms with van der Waals surface area (Å²) in [6.45, 7) is 8.34. The van der Waals surface area contributed by atoms with Gasteiger partial charge in [0.25, 0.3) is 5.91 Å². The van der Waals surface area contributed by atoms with E-state index < -0.39 is 0 Å². The first kappa shape index (κ1) is 19.2. The van der Waals surface area contributed by atoms with Crippen LogP contribution in [0.3, 0.4) is 0 Å². The van der Waals surface area contributed by atoms with Gasteiger partial charge >= 0.3 is 0 Å². The second-order valence-corrected chi connectivity index (χ2v) is 7.42. The van der Waals surface area contributed by atoms with E-state index in [-0.39, 0.29) is 5.91 Å². The highest BCUT2D eigenvalue weighted by atomic mass is 35.5. The molecule has 2 aromatic carbocycles. The predicted molar refractivity (Wildman–Crippen MR) is 108 cm³/mol. The molecule has 1 aliphatic heterocycles. The Morgan fingerprint density at radius 1 is 1.26 bits per heavy atom. The molecule has 1 amide bonds. The third-order valence-corrected chi connectivity index (χ3v) is 5.41. The molecule has 1 aliphatic rings. The summed E-state index contributed by atoms with van der Waals surface area (Å²) < 4.78 is 0. The Morgan fingerprint density at radius 3 is 2.70 bits per heavy atom. The molecule has 2 aromatic rings. The zero-order valence-electron chi connectivity index (χ0n) is 15.7. The van der Waals surface area contributed by atoms with Crippen molar-refractivity contribution in [3.8, 4) is 6.07 Å². The number of quaternary nitrogens is 1. The summed E-state index contributed by atoms with van der Waals surface area (Å²) in [6.07, 6.45) is 0. The number of hydrogen-bond donors (Lipinski definition) is 2. The van der Waals surface area contributed by atoms with Crippen molar-refractivity contribution in [1.82, 2.24) is 0 Å². The maximum Gasteiger partial charge on any atom is 0.279 e. The number of rotatable bonds is 4. The van der Waals surface area contributed by atoms with E-state index in [1.807, 2.05) is 0 Å². The van der Waals surface area contributed by atoms with Crippen LogP contribution in [0, 0.1) is 25.2 Å². The second-order valence-electron chi connectivity index (χ2n) is 6.98. The smallest absolute Gasteiger partial charge is 0.279 e. The maximum atomic E-state index is 12.4. The third-order valence-electron chi connectivity index (χ3n) is 5.17. The number of amides is 1. The number of anilines is 2.